The largest absolute Gasteiger partial charge is 0.331 e. The van der Waals surface area contributed by atoms with Gasteiger partial charge in [-0.25, -0.2) is 13.8 Å². The molecule has 2 aromatic rings. The molecular formula is C22H24F2N6O. The molecule has 0 saturated heterocycles. The quantitative estimate of drug-likeness (QED) is 0.640. The second kappa shape index (κ2) is 9.62. The third-order valence-electron chi connectivity index (χ3n) is 5.16. The van der Waals surface area contributed by atoms with Crippen molar-refractivity contribution >= 4 is 11.7 Å². The summed E-state index contributed by atoms with van der Waals surface area (Å²) < 4.78 is 27.1. The zero-order valence-electron chi connectivity index (χ0n) is 17.5. The van der Waals surface area contributed by atoms with Crippen LogP contribution in [0.25, 0.3) is 0 Å². The SMILES string of the molecule is CCN(/C(C)=C/NC(=O)CCNC1(c2ncc(F)cc2F)CC1)c1ccc(C#N)cn1. The second-order valence-corrected chi connectivity index (χ2v) is 7.36. The molecule has 1 amide bonds. The number of hydrogen-bond acceptors (Lipinski definition) is 6. The summed E-state index contributed by atoms with van der Waals surface area (Å²) in [6.07, 6.45) is 5.68. The van der Waals surface area contributed by atoms with E-state index in [9.17, 15) is 13.6 Å². The third-order valence-corrected chi connectivity index (χ3v) is 5.16. The molecule has 2 heterocycles. The lowest BCUT2D eigenvalue weighted by molar-refractivity contribution is -0.120. The molecule has 2 N–H and O–H groups in total. The fourth-order valence-electron chi connectivity index (χ4n) is 3.34. The summed E-state index contributed by atoms with van der Waals surface area (Å²) in [5.41, 5.74) is 0.839. The van der Waals surface area contributed by atoms with Crippen LogP contribution in [0.15, 0.2) is 42.5 Å². The van der Waals surface area contributed by atoms with Crippen LogP contribution in [0.1, 0.15) is 44.4 Å². The van der Waals surface area contributed by atoms with Crippen LogP contribution in [0.5, 0.6) is 0 Å². The number of nitrogens with one attached hydrogen (secondary N) is 2. The highest BCUT2D eigenvalue weighted by Gasteiger charge is 2.47. The lowest BCUT2D eigenvalue weighted by Crippen LogP contribution is -2.34. The van der Waals surface area contributed by atoms with E-state index < -0.39 is 17.2 Å². The Bertz CT molecular complexity index is 1010. The number of pyridine rings is 2. The lowest BCUT2D eigenvalue weighted by atomic mass is 10.1. The van der Waals surface area contributed by atoms with Crippen LogP contribution in [-0.4, -0.2) is 29.0 Å². The Labute approximate surface area is 179 Å². The van der Waals surface area contributed by atoms with Gasteiger partial charge in [0.2, 0.25) is 5.91 Å². The van der Waals surface area contributed by atoms with Crippen LogP contribution in [-0.2, 0) is 10.3 Å². The van der Waals surface area contributed by atoms with E-state index >= 15 is 0 Å². The Hall–Kier alpha value is -3.38. The fourth-order valence-corrected chi connectivity index (χ4v) is 3.34. The van der Waals surface area contributed by atoms with Crippen molar-refractivity contribution in [3.05, 3.63) is 65.4 Å². The first-order chi connectivity index (χ1) is 14.9. The molecule has 1 aliphatic rings. The van der Waals surface area contributed by atoms with E-state index in [1.165, 1.54) is 6.20 Å². The van der Waals surface area contributed by atoms with Gasteiger partial charge in [-0.3, -0.25) is 9.78 Å². The van der Waals surface area contributed by atoms with Gasteiger partial charge in [0.25, 0.3) is 0 Å². The number of hydrogen-bond donors (Lipinski definition) is 2. The van der Waals surface area contributed by atoms with E-state index in [1.807, 2.05) is 24.8 Å². The van der Waals surface area contributed by atoms with Crippen molar-refractivity contribution < 1.29 is 13.6 Å². The number of aromatic nitrogens is 2. The van der Waals surface area contributed by atoms with Crippen molar-refractivity contribution in [2.24, 2.45) is 0 Å². The van der Waals surface area contributed by atoms with E-state index in [4.69, 9.17) is 5.26 Å². The fraction of sp³-hybridized carbons (Fsp3) is 0.364. The summed E-state index contributed by atoms with van der Waals surface area (Å²) in [4.78, 5) is 22.3. The molecule has 1 saturated carbocycles. The molecule has 0 unspecified atom stereocenters. The smallest absolute Gasteiger partial charge is 0.225 e. The first-order valence-corrected chi connectivity index (χ1v) is 10.0. The number of amides is 1. The monoisotopic (exact) mass is 426 g/mol. The predicted octanol–water partition coefficient (Wildman–Crippen LogP) is 3.10. The molecule has 9 heteroatoms. The maximum Gasteiger partial charge on any atom is 0.225 e. The summed E-state index contributed by atoms with van der Waals surface area (Å²) in [5.74, 6) is -0.908. The summed E-state index contributed by atoms with van der Waals surface area (Å²) in [6, 6.07) is 6.30. The number of carbonyl (C=O) groups is 1. The lowest BCUT2D eigenvalue weighted by Gasteiger charge is -2.22. The number of rotatable bonds is 9. The predicted molar refractivity (Wildman–Crippen MR) is 112 cm³/mol. The zero-order valence-corrected chi connectivity index (χ0v) is 17.5. The molecule has 0 radical (unpaired) electrons. The van der Waals surface area contributed by atoms with Crippen LogP contribution >= 0.6 is 0 Å². The second-order valence-electron chi connectivity index (χ2n) is 7.36. The van der Waals surface area contributed by atoms with Crippen LogP contribution in [0.4, 0.5) is 14.6 Å². The Kier molecular flexibility index (Phi) is 6.92. The van der Waals surface area contributed by atoms with E-state index in [0.29, 0.717) is 37.3 Å². The third kappa shape index (κ3) is 5.41. The Morgan fingerprint density at radius 3 is 2.68 bits per heavy atom. The van der Waals surface area contributed by atoms with Crippen molar-refractivity contribution in [1.82, 2.24) is 20.6 Å². The van der Waals surface area contributed by atoms with E-state index in [0.717, 1.165) is 18.0 Å². The van der Waals surface area contributed by atoms with E-state index in [1.54, 1.807) is 18.3 Å². The number of allylic oxidation sites excluding steroid dienone is 1. The highest BCUT2D eigenvalue weighted by Crippen LogP contribution is 2.45. The Balaban J connectivity index is 1.52. The maximum atomic E-state index is 14.0. The first kappa shape index (κ1) is 22.3. The Morgan fingerprint density at radius 2 is 2.10 bits per heavy atom. The summed E-state index contributed by atoms with van der Waals surface area (Å²) in [7, 11) is 0. The molecular weight excluding hydrogens is 402 g/mol. The molecule has 2 aromatic heterocycles. The van der Waals surface area contributed by atoms with E-state index in [-0.39, 0.29) is 18.0 Å². The minimum atomic E-state index is -0.712. The van der Waals surface area contributed by atoms with Gasteiger partial charge < -0.3 is 15.5 Å². The maximum absolute atomic E-state index is 14.0. The minimum Gasteiger partial charge on any atom is -0.331 e. The highest BCUT2D eigenvalue weighted by atomic mass is 19.1. The van der Waals surface area contributed by atoms with Gasteiger partial charge in [0, 0.05) is 43.7 Å². The van der Waals surface area contributed by atoms with Gasteiger partial charge in [0.05, 0.1) is 23.0 Å². The number of halogens is 2. The van der Waals surface area contributed by atoms with Crippen LogP contribution in [0.2, 0.25) is 0 Å². The number of carbonyl (C=O) groups excluding carboxylic acids is 1. The van der Waals surface area contributed by atoms with Gasteiger partial charge in [-0.1, -0.05) is 0 Å². The normalized spacial score (nSPS) is 14.6. The molecule has 0 aromatic carbocycles. The summed E-state index contributed by atoms with van der Waals surface area (Å²) in [5, 5.41) is 14.8. The highest BCUT2D eigenvalue weighted by molar-refractivity contribution is 5.77. The van der Waals surface area contributed by atoms with E-state index in [2.05, 4.69) is 20.6 Å². The molecule has 7 nitrogen and oxygen atoms in total. The van der Waals surface area contributed by atoms with Crippen molar-refractivity contribution in [2.45, 2.75) is 38.6 Å². The molecule has 1 fully saturated rings. The van der Waals surface area contributed by atoms with Crippen LogP contribution in [0, 0.1) is 23.0 Å². The molecule has 0 aliphatic heterocycles. The van der Waals surface area contributed by atoms with Gasteiger partial charge in [0.1, 0.15) is 23.5 Å². The van der Waals surface area contributed by atoms with Gasteiger partial charge in [0.15, 0.2) is 0 Å². The average molecular weight is 426 g/mol. The zero-order chi connectivity index (χ0) is 22.4. The van der Waals surface area contributed by atoms with Gasteiger partial charge >= 0.3 is 0 Å². The molecule has 31 heavy (non-hydrogen) atoms. The number of nitrogens with zero attached hydrogens (tertiary/aromatic N) is 4. The van der Waals surface area contributed by atoms with Crippen molar-refractivity contribution in [2.75, 3.05) is 18.0 Å². The van der Waals surface area contributed by atoms with Crippen molar-refractivity contribution in [3.63, 3.8) is 0 Å². The molecule has 162 valence electrons. The summed E-state index contributed by atoms with van der Waals surface area (Å²) >= 11 is 0. The summed E-state index contributed by atoms with van der Waals surface area (Å²) in [6.45, 7) is 4.79. The van der Waals surface area contributed by atoms with Crippen molar-refractivity contribution in [1.29, 1.82) is 5.26 Å². The van der Waals surface area contributed by atoms with Gasteiger partial charge in [-0.05, 0) is 38.8 Å². The molecule has 0 bridgehead atoms. The molecule has 1 aliphatic carbocycles. The van der Waals surface area contributed by atoms with Crippen molar-refractivity contribution in [3.8, 4) is 6.07 Å². The molecule has 3 rings (SSSR count). The number of anilines is 1. The number of nitriles is 1. The van der Waals surface area contributed by atoms with Gasteiger partial charge in [-0.2, -0.15) is 5.26 Å². The minimum absolute atomic E-state index is 0.190. The van der Waals surface area contributed by atoms with Crippen LogP contribution < -0.4 is 15.5 Å². The Morgan fingerprint density at radius 1 is 1.32 bits per heavy atom. The first-order valence-electron chi connectivity index (χ1n) is 10.0. The van der Waals surface area contributed by atoms with Crippen LogP contribution in [0.3, 0.4) is 0 Å². The molecule has 0 spiro atoms. The molecule has 0 atom stereocenters. The average Bonchev–Trinajstić information content (AvgIpc) is 3.53. The topological polar surface area (TPSA) is 93.9 Å². The van der Waals surface area contributed by atoms with Gasteiger partial charge in [-0.15, -0.1) is 0 Å². The standard InChI is InChI=1S/C22H24F2N6O/c1-3-30(19-5-4-16(11-25)13-26-19)15(2)12-27-20(31)6-9-29-22(7-8-22)21-18(24)10-17(23)14-28-21/h4-5,10,12-14,29H,3,6-9H2,1-2H3,(H,27,31)/b15-12+.